The smallest absolute Gasteiger partial charge is 0.245 e. The van der Waals surface area contributed by atoms with Gasteiger partial charge in [0.05, 0.1) is 19.2 Å². The fraction of sp³-hybridized carbons (Fsp3) is 0.660. The van der Waals surface area contributed by atoms with Gasteiger partial charge >= 0.3 is 0 Å². The summed E-state index contributed by atoms with van der Waals surface area (Å²) in [5.41, 5.74) is 11.6. The second-order valence-corrected chi connectivity index (χ2v) is 19.5. The van der Waals surface area contributed by atoms with E-state index in [1.807, 2.05) is 6.92 Å². The third-order valence-corrected chi connectivity index (χ3v) is 13.2. The molecule has 10 amide bonds. The van der Waals surface area contributed by atoms with Crippen LogP contribution < -0.4 is 54.0 Å². The lowest BCUT2D eigenvalue weighted by molar-refractivity contribution is -0.142. The van der Waals surface area contributed by atoms with Crippen LogP contribution in [0, 0.1) is 11.8 Å². The van der Waals surface area contributed by atoms with Crippen molar-refractivity contribution in [2.45, 2.75) is 162 Å². The number of rotatable bonds is 31. The van der Waals surface area contributed by atoms with E-state index in [1.54, 1.807) is 58.9 Å². The van der Waals surface area contributed by atoms with E-state index in [0.29, 0.717) is 62.2 Å². The van der Waals surface area contributed by atoms with Crippen LogP contribution in [0.3, 0.4) is 0 Å². The van der Waals surface area contributed by atoms with E-state index >= 15 is 0 Å². The third kappa shape index (κ3) is 21.7. The number of guanidine groups is 1. The zero-order valence-corrected chi connectivity index (χ0v) is 45.6. The Hall–Kier alpha value is -6.56. The number of carbonyl (C=O) groups is 10. The van der Waals surface area contributed by atoms with Crippen LogP contribution in [0.4, 0.5) is 0 Å². The Labute approximate surface area is 445 Å². The molecule has 0 bridgehead atoms. The molecule has 420 valence electrons. The van der Waals surface area contributed by atoms with E-state index in [2.05, 4.69) is 47.5 Å². The Morgan fingerprint density at radius 2 is 1.28 bits per heavy atom. The Bertz CT molecular complexity index is 2140. The maximum absolute atomic E-state index is 14.2. The maximum atomic E-state index is 14.2. The Kier molecular flexibility index (Phi) is 28.1. The van der Waals surface area contributed by atoms with Crippen LogP contribution in [0.1, 0.15) is 112 Å². The van der Waals surface area contributed by atoms with Crippen LogP contribution in [0.2, 0.25) is 5.02 Å². The summed E-state index contributed by atoms with van der Waals surface area (Å²) < 4.78 is 0. The summed E-state index contributed by atoms with van der Waals surface area (Å²) in [5.74, 6) is -7.76. The van der Waals surface area contributed by atoms with Gasteiger partial charge in [-0.05, 0) is 75.5 Å². The van der Waals surface area contributed by atoms with Crippen LogP contribution >= 0.6 is 11.6 Å². The maximum Gasteiger partial charge on any atom is 0.245 e. The highest BCUT2D eigenvalue weighted by Gasteiger charge is 2.40. The first-order valence-corrected chi connectivity index (χ1v) is 26.1. The standard InChI is InChI=1S/C50H82ClN13O11/c1-10-16-34(43(69)60-40(28(5)11-2)46(72)59-35(17-14-23-55-50(52)53)49(75)64-24-15-18-37(64)45(71)54-13-4)58-48(74)42(30(7)65)62-47(73)41(29(6)12-3)61-44(70)36(25-32-19-21-33(51)22-20-32)57-38(67)26-56-39(68)27-63(9)31(8)66/h19-22,28-30,34-37,40-42,65H,10-18,23-27H2,1-9H3,(H,54,71)(H,56,68)(H,57,67)(H,58,74)(H,59,72)(H,60,69)(H,61,70)(H,62,73)(H4,52,53,55)/t28-,29?,30+,34-,35-,36-,37-,40-,41+,42-/m0/s1. The number of amides is 10. The van der Waals surface area contributed by atoms with Crippen molar-refractivity contribution in [3.8, 4) is 0 Å². The second kappa shape index (κ2) is 32.7. The number of aliphatic imine (C=N–C) groups is 1. The summed E-state index contributed by atoms with van der Waals surface area (Å²) in [6, 6.07) is -2.12. The number of hydrogen-bond acceptors (Lipinski definition) is 12. The largest absolute Gasteiger partial charge is 0.391 e. The van der Waals surface area contributed by atoms with E-state index in [1.165, 1.54) is 25.8 Å². The molecule has 13 N–H and O–H groups in total. The van der Waals surface area contributed by atoms with Crippen LogP contribution in [-0.2, 0) is 54.4 Å². The van der Waals surface area contributed by atoms with Gasteiger partial charge in [0.25, 0.3) is 0 Å². The summed E-state index contributed by atoms with van der Waals surface area (Å²) in [6.45, 7) is 13.0. The van der Waals surface area contributed by atoms with Gasteiger partial charge in [0.2, 0.25) is 59.1 Å². The first-order chi connectivity index (χ1) is 35.4. The summed E-state index contributed by atoms with van der Waals surface area (Å²) in [7, 11) is 1.42. The molecule has 0 saturated carbocycles. The van der Waals surface area contributed by atoms with Crippen molar-refractivity contribution in [3.63, 3.8) is 0 Å². The summed E-state index contributed by atoms with van der Waals surface area (Å²) in [4.78, 5) is 141. The number of halogens is 1. The van der Waals surface area contributed by atoms with Crippen molar-refractivity contribution in [2.75, 3.05) is 39.8 Å². The molecule has 0 aliphatic carbocycles. The van der Waals surface area contributed by atoms with Crippen molar-refractivity contribution in [3.05, 3.63) is 34.9 Å². The number of nitrogens with one attached hydrogen (secondary N) is 8. The molecule has 1 unspecified atom stereocenters. The Balaban J connectivity index is 2.35. The van der Waals surface area contributed by atoms with Crippen molar-refractivity contribution in [1.29, 1.82) is 0 Å². The molecule has 2 rings (SSSR count). The van der Waals surface area contributed by atoms with E-state index in [9.17, 15) is 53.1 Å². The van der Waals surface area contributed by atoms with Gasteiger partial charge in [0, 0.05) is 45.0 Å². The number of likely N-dealkylation sites (N-methyl/N-ethyl adjacent to an activating group) is 2. The Morgan fingerprint density at radius 3 is 1.81 bits per heavy atom. The minimum atomic E-state index is -1.66. The molecule has 0 radical (unpaired) electrons. The van der Waals surface area contributed by atoms with Gasteiger partial charge in [-0.25, -0.2) is 0 Å². The van der Waals surface area contributed by atoms with Crippen molar-refractivity contribution in [1.82, 2.24) is 52.3 Å². The summed E-state index contributed by atoms with van der Waals surface area (Å²) in [6.07, 6.45) is 1.03. The van der Waals surface area contributed by atoms with E-state index in [-0.39, 0.29) is 50.1 Å². The molecule has 1 saturated heterocycles. The van der Waals surface area contributed by atoms with Gasteiger partial charge in [-0.2, -0.15) is 0 Å². The molecular weight excluding hydrogens is 994 g/mol. The monoisotopic (exact) mass is 1080 g/mol. The fourth-order valence-electron chi connectivity index (χ4n) is 8.07. The second-order valence-electron chi connectivity index (χ2n) is 19.0. The van der Waals surface area contributed by atoms with Gasteiger partial charge in [-0.1, -0.05) is 77.6 Å². The number of nitrogens with zero attached hydrogens (tertiary/aromatic N) is 3. The molecule has 0 aromatic heterocycles. The van der Waals surface area contributed by atoms with Crippen LogP contribution in [-0.4, -0.2) is 168 Å². The fourth-order valence-corrected chi connectivity index (χ4v) is 8.19. The zero-order chi connectivity index (χ0) is 56.5. The molecule has 0 spiro atoms. The lowest BCUT2D eigenvalue weighted by Gasteiger charge is -2.32. The molecule has 1 fully saturated rings. The topological polar surface area (TPSA) is 358 Å². The van der Waals surface area contributed by atoms with E-state index in [4.69, 9.17) is 23.1 Å². The molecule has 25 heteroatoms. The molecule has 1 heterocycles. The zero-order valence-electron chi connectivity index (χ0n) is 44.9. The number of aliphatic hydroxyl groups excluding tert-OH is 1. The summed E-state index contributed by atoms with van der Waals surface area (Å²) >= 11 is 6.08. The van der Waals surface area contributed by atoms with Crippen LogP contribution in [0.15, 0.2) is 29.3 Å². The molecule has 1 aromatic rings. The van der Waals surface area contributed by atoms with Crippen LogP contribution in [0.25, 0.3) is 0 Å². The van der Waals surface area contributed by atoms with Gasteiger partial charge in [0.15, 0.2) is 5.96 Å². The SMILES string of the molecule is CCC[C@H](NC(=O)[C@@H](NC(=O)[C@H](NC(=O)[C@H](Cc1ccc(Cl)cc1)NC(=O)CNC(=O)CN(C)C(C)=O)C(C)CC)[C@@H](C)O)C(=O)N[C@H](C(=O)N[C@@H](CCCN=C(N)N)C(=O)N1CCC[C@H]1C(=O)NCC)[C@@H](C)CC. The number of hydrogen-bond donors (Lipinski definition) is 11. The normalized spacial score (nSPS) is 16.6. The lowest BCUT2D eigenvalue weighted by Crippen LogP contribution is -2.63. The average molecular weight is 1080 g/mol. The molecule has 1 aliphatic heterocycles. The molecule has 75 heavy (non-hydrogen) atoms. The quantitative estimate of drug-likeness (QED) is 0.0238. The lowest BCUT2D eigenvalue weighted by atomic mass is 9.96. The summed E-state index contributed by atoms with van der Waals surface area (Å²) in [5, 5.41) is 32.5. The highest BCUT2D eigenvalue weighted by Crippen LogP contribution is 2.21. The van der Waals surface area contributed by atoms with Crippen molar-refractivity contribution >= 4 is 76.6 Å². The highest BCUT2D eigenvalue weighted by molar-refractivity contribution is 6.30. The molecule has 10 atom stereocenters. The molecule has 24 nitrogen and oxygen atoms in total. The Morgan fingerprint density at radius 1 is 0.733 bits per heavy atom. The highest BCUT2D eigenvalue weighted by atomic mass is 35.5. The number of carbonyl (C=O) groups excluding carboxylic acids is 10. The molecule has 1 aromatic carbocycles. The van der Waals surface area contributed by atoms with Gasteiger partial charge in [0.1, 0.15) is 42.3 Å². The third-order valence-electron chi connectivity index (χ3n) is 13.0. The van der Waals surface area contributed by atoms with Gasteiger partial charge in [-0.15, -0.1) is 0 Å². The number of aliphatic hydroxyl groups is 1. The molecule has 1 aliphatic rings. The first-order valence-electron chi connectivity index (χ1n) is 25.7. The van der Waals surface area contributed by atoms with Gasteiger partial charge < -0.3 is 68.9 Å². The number of likely N-dealkylation sites (tertiary alicyclic amines) is 1. The molecular formula is C50H82ClN13O11. The van der Waals surface area contributed by atoms with E-state index in [0.717, 1.165) is 4.90 Å². The predicted octanol–water partition coefficient (Wildman–Crippen LogP) is -1.16. The average Bonchev–Trinajstić information content (AvgIpc) is 3.86. The van der Waals surface area contributed by atoms with Crippen molar-refractivity contribution < 1.29 is 53.1 Å². The first kappa shape index (κ1) is 64.6. The van der Waals surface area contributed by atoms with Crippen LogP contribution in [0.5, 0.6) is 0 Å². The number of nitrogens with two attached hydrogens (primary N) is 2. The predicted molar refractivity (Wildman–Crippen MR) is 282 cm³/mol. The minimum absolute atomic E-state index is 0.0681. The minimum Gasteiger partial charge on any atom is -0.391 e. The van der Waals surface area contributed by atoms with E-state index < -0.39 is 114 Å². The van der Waals surface area contributed by atoms with Gasteiger partial charge in [-0.3, -0.25) is 52.9 Å². The number of benzene rings is 1. The van der Waals surface area contributed by atoms with Crippen molar-refractivity contribution in [2.24, 2.45) is 28.3 Å².